The quantitative estimate of drug-likeness (QED) is 0.568. The molecule has 8 nitrogen and oxygen atoms in total. The van der Waals surface area contributed by atoms with Crippen molar-refractivity contribution in [1.29, 1.82) is 5.26 Å². The normalized spacial score (nSPS) is 16.5. The van der Waals surface area contributed by atoms with Gasteiger partial charge in [-0.3, -0.25) is 9.59 Å². The first-order chi connectivity index (χ1) is 15.1. The van der Waals surface area contributed by atoms with Gasteiger partial charge in [0.2, 0.25) is 10.0 Å². The average molecular weight is 496 g/mol. The van der Waals surface area contributed by atoms with Crippen molar-refractivity contribution in [2.75, 3.05) is 11.9 Å². The Balaban J connectivity index is 1.56. The number of nitrogens with one attached hydrogen (secondary N) is 2. The molecule has 0 saturated carbocycles. The zero-order valence-electron chi connectivity index (χ0n) is 17.5. The fourth-order valence-corrected chi connectivity index (χ4v) is 6.04. The number of benzene rings is 1. The van der Waals surface area contributed by atoms with E-state index in [1.807, 2.05) is 0 Å². The van der Waals surface area contributed by atoms with Gasteiger partial charge in [0.15, 0.2) is 6.61 Å². The van der Waals surface area contributed by atoms with E-state index in [2.05, 4.69) is 23.0 Å². The summed E-state index contributed by atoms with van der Waals surface area (Å²) in [6.45, 7) is 2.86. The van der Waals surface area contributed by atoms with Crippen molar-refractivity contribution in [3.63, 3.8) is 0 Å². The highest BCUT2D eigenvalue weighted by Gasteiger charge is 2.26. The minimum absolute atomic E-state index is 0.0562. The van der Waals surface area contributed by atoms with Gasteiger partial charge in [0, 0.05) is 9.90 Å². The van der Waals surface area contributed by atoms with Crippen LogP contribution in [-0.4, -0.2) is 32.9 Å². The van der Waals surface area contributed by atoms with Crippen LogP contribution in [-0.2, 0) is 37.2 Å². The highest BCUT2D eigenvalue weighted by Crippen LogP contribution is 2.39. The maximum Gasteiger partial charge on any atom is 0.324 e. The zero-order chi connectivity index (χ0) is 23.5. The number of amides is 1. The number of carbonyl (C=O) groups excluding carboxylic acids is 2. The summed E-state index contributed by atoms with van der Waals surface area (Å²) >= 11 is 7.13. The van der Waals surface area contributed by atoms with E-state index in [1.54, 1.807) is 0 Å². The van der Waals surface area contributed by atoms with Crippen LogP contribution in [0.4, 0.5) is 5.00 Å². The van der Waals surface area contributed by atoms with Crippen LogP contribution in [0.3, 0.4) is 0 Å². The smallest absolute Gasteiger partial charge is 0.324 e. The van der Waals surface area contributed by atoms with Crippen LogP contribution in [0.5, 0.6) is 0 Å². The predicted molar refractivity (Wildman–Crippen MR) is 121 cm³/mol. The average Bonchev–Trinajstić information content (AvgIpc) is 3.07. The lowest BCUT2D eigenvalue weighted by Gasteiger charge is -2.17. The van der Waals surface area contributed by atoms with Crippen molar-refractivity contribution in [2.45, 2.75) is 44.0 Å². The zero-order valence-corrected chi connectivity index (χ0v) is 19.9. The van der Waals surface area contributed by atoms with Crippen molar-refractivity contribution < 1.29 is 22.7 Å². The summed E-state index contributed by atoms with van der Waals surface area (Å²) in [7, 11) is -3.97. The number of anilines is 1. The van der Waals surface area contributed by atoms with Gasteiger partial charge in [-0.2, -0.15) is 9.98 Å². The molecular weight excluding hydrogens is 474 g/mol. The Labute approximate surface area is 195 Å². The Hall–Kier alpha value is -2.45. The number of sulfonamides is 1. The Morgan fingerprint density at radius 3 is 2.69 bits per heavy atom. The number of ether oxygens (including phenoxy) is 1. The number of rotatable bonds is 7. The molecule has 1 amide bonds. The molecule has 2 N–H and O–H groups in total. The van der Waals surface area contributed by atoms with Crippen LogP contribution in [0.2, 0.25) is 5.02 Å². The molecule has 0 bridgehead atoms. The third kappa shape index (κ3) is 5.66. The van der Waals surface area contributed by atoms with Gasteiger partial charge in [0.1, 0.15) is 17.1 Å². The lowest BCUT2D eigenvalue weighted by molar-refractivity contribution is -0.148. The molecule has 2 aromatic rings. The second kappa shape index (κ2) is 10.0. The lowest BCUT2D eigenvalue weighted by atomic mass is 9.89. The van der Waals surface area contributed by atoms with Crippen LogP contribution >= 0.6 is 22.9 Å². The van der Waals surface area contributed by atoms with E-state index in [-0.39, 0.29) is 4.90 Å². The molecule has 2 atom stereocenters. The van der Waals surface area contributed by atoms with Crippen molar-refractivity contribution in [3.8, 4) is 6.07 Å². The lowest BCUT2D eigenvalue weighted by Crippen LogP contribution is -2.40. The number of esters is 1. The van der Waals surface area contributed by atoms with Gasteiger partial charge in [-0.05, 0) is 61.9 Å². The number of halogens is 1. The van der Waals surface area contributed by atoms with Gasteiger partial charge in [-0.1, -0.05) is 18.5 Å². The van der Waals surface area contributed by atoms with Crippen molar-refractivity contribution in [3.05, 3.63) is 45.3 Å². The molecule has 1 aromatic carbocycles. The first-order valence-electron chi connectivity index (χ1n) is 9.89. The summed E-state index contributed by atoms with van der Waals surface area (Å²) in [5, 5.41) is 13.0. The fraction of sp³-hybridized carbons (Fsp3) is 0.381. The fourth-order valence-electron chi connectivity index (χ4n) is 3.34. The van der Waals surface area contributed by atoms with Gasteiger partial charge in [-0.15, -0.1) is 11.3 Å². The molecule has 3 rings (SSSR count). The molecule has 1 aliphatic rings. The molecule has 0 saturated heterocycles. The summed E-state index contributed by atoms with van der Waals surface area (Å²) in [6, 6.07) is 6.40. The largest absolute Gasteiger partial charge is 0.454 e. The number of hydrogen-bond donors (Lipinski definition) is 2. The van der Waals surface area contributed by atoms with Crippen LogP contribution in [0.1, 0.15) is 36.3 Å². The third-order valence-electron chi connectivity index (χ3n) is 5.03. The monoisotopic (exact) mass is 495 g/mol. The van der Waals surface area contributed by atoms with Crippen molar-refractivity contribution in [1.82, 2.24) is 4.72 Å². The highest BCUT2D eigenvalue weighted by molar-refractivity contribution is 7.89. The molecule has 1 aliphatic carbocycles. The van der Waals surface area contributed by atoms with E-state index < -0.39 is 34.5 Å². The summed E-state index contributed by atoms with van der Waals surface area (Å²) < 4.78 is 31.9. The molecule has 0 spiro atoms. The van der Waals surface area contributed by atoms with E-state index in [0.717, 1.165) is 29.7 Å². The van der Waals surface area contributed by atoms with E-state index >= 15 is 0 Å². The molecule has 1 aromatic heterocycles. The summed E-state index contributed by atoms with van der Waals surface area (Å²) in [5.74, 6) is -0.984. The second-order valence-corrected chi connectivity index (χ2v) is 10.9. The Morgan fingerprint density at radius 2 is 2.03 bits per heavy atom. The molecule has 0 unspecified atom stereocenters. The minimum Gasteiger partial charge on any atom is -0.454 e. The van der Waals surface area contributed by atoms with Gasteiger partial charge < -0.3 is 10.1 Å². The maximum absolute atomic E-state index is 12.4. The van der Waals surface area contributed by atoms with Crippen LogP contribution in [0.25, 0.3) is 0 Å². The van der Waals surface area contributed by atoms with E-state index in [0.29, 0.717) is 21.5 Å². The van der Waals surface area contributed by atoms with Gasteiger partial charge in [0.05, 0.1) is 10.5 Å². The number of nitrogens with zero attached hydrogens (tertiary/aromatic N) is 1. The van der Waals surface area contributed by atoms with Gasteiger partial charge in [-0.25, -0.2) is 8.42 Å². The number of hydrogen-bond acceptors (Lipinski definition) is 7. The standard InChI is InChI=1S/C21H22ClN3O5S2/c1-12-3-8-16-17(10-23)20(31-18(16)9-12)24-19(26)11-30-21(27)13(2)25-32(28,29)15-6-4-14(22)5-7-15/h4-7,12-13,25H,3,8-9,11H2,1-2H3,(H,24,26)/t12-,13+/m1/s1. The first kappa shape index (κ1) is 24.2. The topological polar surface area (TPSA) is 125 Å². The van der Waals surface area contributed by atoms with Crippen LogP contribution < -0.4 is 10.0 Å². The molecule has 0 aliphatic heterocycles. The molecule has 32 heavy (non-hydrogen) atoms. The number of carbonyl (C=O) groups is 2. The second-order valence-electron chi connectivity index (χ2n) is 7.62. The summed E-state index contributed by atoms with van der Waals surface area (Å²) in [4.78, 5) is 25.5. The molecule has 0 radical (unpaired) electrons. The third-order valence-corrected chi connectivity index (χ3v) is 8.01. The van der Waals surface area contributed by atoms with Gasteiger partial charge in [0.25, 0.3) is 5.91 Å². The number of thiophene rings is 1. The van der Waals surface area contributed by atoms with E-state index in [4.69, 9.17) is 16.3 Å². The maximum atomic E-state index is 12.4. The molecule has 0 fully saturated rings. The molecule has 170 valence electrons. The minimum atomic E-state index is -3.97. The number of nitriles is 1. The Morgan fingerprint density at radius 1 is 1.34 bits per heavy atom. The van der Waals surface area contributed by atoms with Crippen LogP contribution in [0.15, 0.2) is 29.2 Å². The van der Waals surface area contributed by atoms with Gasteiger partial charge >= 0.3 is 5.97 Å². The Bertz CT molecular complexity index is 1170. The van der Waals surface area contributed by atoms with Crippen molar-refractivity contribution in [2.24, 2.45) is 5.92 Å². The number of fused-ring (bicyclic) bond motifs is 1. The predicted octanol–water partition coefficient (Wildman–Crippen LogP) is 3.25. The van der Waals surface area contributed by atoms with Crippen LogP contribution in [0, 0.1) is 17.2 Å². The summed E-state index contributed by atoms with van der Waals surface area (Å²) in [5.41, 5.74) is 1.44. The molecule has 1 heterocycles. The van der Waals surface area contributed by atoms with E-state index in [1.165, 1.54) is 42.5 Å². The van der Waals surface area contributed by atoms with Crippen molar-refractivity contribution >= 4 is 49.8 Å². The SMILES string of the molecule is C[C@@H]1CCc2c(sc(NC(=O)COC(=O)[C@H](C)NS(=O)(=O)c3ccc(Cl)cc3)c2C#N)C1. The Kier molecular flexibility index (Phi) is 7.56. The summed E-state index contributed by atoms with van der Waals surface area (Å²) in [6.07, 6.45) is 2.66. The van der Waals surface area contributed by atoms with E-state index in [9.17, 15) is 23.3 Å². The first-order valence-corrected chi connectivity index (χ1v) is 12.6. The molecular formula is C21H22ClN3O5S2. The molecule has 11 heteroatoms. The highest BCUT2D eigenvalue weighted by atomic mass is 35.5.